The lowest BCUT2D eigenvalue weighted by atomic mass is 9.99. The van der Waals surface area contributed by atoms with Crippen LogP contribution in [0.5, 0.6) is 0 Å². The standard InChI is InChI=1S/C40H66O11/c1-3-5-7-9-11-13-15-16-17-18-19-21-22-24-26-28-33(41)48-30-32(31-49-40-37(45)35(43)36(44)38(51-40)39(46)47)50-34(42)29-27-25-23-20-14-12-10-8-6-4-2/h5,7,11,13,16-17,19,21,32,35-38,40,43-45H,3-4,6,8-10,12,14-15,18,20,22-31H2,1-2H3,(H,46,47)/b7-5-,13-11-,17-16-,21-19-. The van der Waals surface area contributed by atoms with Crippen LogP contribution in [-0.4, -0.2) is 88.4 Å². The summed E-state index contributed by atoms with van der Waals surface area (Å²) in [6, 6.07) is 0. The summed E-state index contributed by atoms with van der Waals surface area (Å²) < 4.78 is 21.6. The van der Waals surface area contributed by atoms with E-state index in [1.54, 1.807) is 0 Å². The molecule has 11 nitrogen and oxygen atoms in total. The first-order valence-electron chi connectivity index (χ1n) is 19.2. The Morgan fingerprint density at radius 3 is 1.75 bits per heavy atom. The summed E-state index contributed by atoms with van der Waals surface area (Å²) in [6.07, 6.45) is 24.7. The van der Waals surface area contributed by atoms with E-state index < -0.39 is 61.3 Å². The molecule has 0 saturated carbocycles. The smallest absolute Gasteiger partial charge is 0.335 e. The maximum Gasteiger partial charge on any atom is 0.335 e. The van der Waals surface area contributed by atoms with Gasteiger partial charge in [0.15, 0.2) is 18.5 Å². The van der Waals surface area contributed by atoms with Crippen molar-refractivity contribution < 1.29 is 53.8 Å². The van der Waals surface area contributed by atoms with Gasteiger partial charge in [-0.25, -0.2) is 4.79 Å². The fraction of sp³-hybridized carbons (Fsp3) is 0.725. The molecule has 51 heavy (non-hydrogen) atoms. The monoisotopic (exact) mass is 722 g/mol. The lowest BCUT2D eigenvalue weighted by Crippen LogP contribution is -2.60. The number of aliphatic carboxylic acids is 1. The molecule has 0 aromatic carbocycles. The summed E-state index contributed by atoms with van der Waals surface area (Å²) in [4.78, 5) is 36.6. The molecular formula is C40H66O11. The van der Waals surface area contributed by atoms with E-state index >= 15 is 0 Å². The molecule has 1 heterocycles. The van der Waals surface area contributed by atoms with Gasteiger partial charge >= 0.3 is 17.9 Å². The van der Waals surface area contributed by atoms with Crippen LogP contribution in [-0.2, 0) is 33.3 Å². The molecule has 1 aliphatic rings. The van der Waals surface area contributed by atoms with Gasteiger partial charge < -0.3 is 39.4 Å². The Labute approximate surface area is 305 Å². The Morgan fingerprint density at radius 1 is 0.627 bits per heavy atom. The number of aliphatic hydroxyl groups is 3. The molecule has 0 aromatic heterocycles. The maximum absolute atomic E-state index is 12.6. The van der Waals surface area contributed by atoms with E-state index in [0.717, 1.165) is 57.8 Å². The van der Waals surface area contributed by atoms with Crippen molar-refractivity contribution in [1.29, 1.82) is 0 Å². The zero-order valence-corrected chi connectivity index (χ0v) is 31.1. The van der Waals surface area contributed by atoms with E-state index in [1.807, 2.05) is 0 Å². The summed E-state index contributed by atoms with van der Waals surface area (Å²) in [5.74, 6) is -2.51. The van der Waals surface area contributed by atoms with Crippen molar-refractivity contribution in [2.24, 2.45) is 0 Å². The first-order chi connectivity index (χ1) is 24.7. The number of esters is 2. The molecule has 0 spiro atoms. The quantitative estimate of drug-likeness (QED) is 0.0341. The van der Waals surface area contributed by atoms with Crippen LogP contribution < -0.4 is 0 Å². The molecule has 6 unspecified atom stereocenters. The lowest BCUT2D eigenvalue weighted by Gasteiger charge is -2.38. The van der Waals surface area contributed by atoms with E-state index in [4.69, 9.17) is 18.9 Å². The minimum Gasteiger partial charge on any atom is -0.479 e. The van der Waals surface area contributed by atoms with Gasteiger partial charge in [-0.2, -0.15) is 0 Å². The van der Waals surface area contributed by atoms with Gasteiger partial charge in [0.05, 0.1) is 6.61 Å². The van der Waals surface area contributed by atoms with Crippen LogP contribution in [0.1, 0.15) is 136 Å². The zero-order valence-electron chi connectivity index (χ0n) is 31.1. The molecule has 1 aliphatic heterocycles. The predicted octanol–water partition coefficient (Wildman–Crippen LogP) is 7.03. The van der Waals surface area contributed by atoms with E-state index in [-0.39, 0.29) is 19.4 Å². The number of allylic oxidation sites excluding steroid dienone is 8. The van der Waals surface area contributed by atoms with Gasteiger partial charge in [-0.1, -0.05) is 120 Å². The Bertz CT molecular complexity index is 1040. The molecule has 1 fully saturated rings. The van der Waals surface area contributed by atoms with Crippen molar-refractivity contribution in [3.63, 3.8) is 0 Å². The van der Waals surface area contributed by atoms with Crippen molar-refractivity contribution in [3.05, 3.63) is 48.6 Å². The highest BCUT2D eigenvalue weighted by atomic mass is 16.7. The molecule has 0 aromatic rings. The average molecular weight is 723 g/mol. The topological polar surface area (TPSA) is 169 Å². The van der Waals surface area contributed by atoms with Crippen molar-refractivity contribution in [1.82, 2.24) is 0 Å². The number of hydrogen-bond acceptors (Lipinski definition) is 10. The molecule has 0 bridgehead atoms. The number of rotatable bonds is 30. The van der Waals surface area contributed by atoms with Crippen molar-refractivity contribution >= 4 is 17.9 Å². The molecule has 0 amide bonds. The zero-order chi connectivity index (χ0) is 37.5. The minimum absolute atomic E-state index is 0.173. The molecular weight excluding hydrogens is 656 g/mol. The van der Waals surface area contributed by atoms with Gasteiger partial charge in [-0.05, 0) is 51.4 Å². The maximum atomic E-state index is 12.6. The molecule has 1 saturated heterocycles. The summed E-state index contributed by atoms with van der Waals surface area (Å²) >= 11 is 0. The third-order valence-corrected chi connectivity index (χ3v) is 8.44. The largest absolute Gasteiger partial charge is 0.479 e. The average Bonchev–Trinajstić information content (AvgIpc) is 3.11. The van der Waals surface area contributed by atoms with Gasteiger partial charge in [0.25, 0.3) is 0 Å². The molecule has 4 N–H and O–H groups in total. The Hall–Kier alpha value is -2.83. The molecule has 11 heteroatoms. The summed E-state index contributed by atoms with van der Waals surface area (Å²) in [5, 5.41) is 39.6. The van der Waals surface area contributed by atoms with Gasteiger partial charge in [0, 0.05) is 12.8 Å². The Morgan fingerprint density at radius 2 is 1.16 bits per heavy atom. The van der Waals surface area contributed by atoms with Crippen LogP contribution in [0, 0.1) is 0 Å². The van der Waals surface area contributed by atoms with E-state index in [9.17, 15) is 34.8 Å². The van der Waals surface area contributed by atoms with Crippen molar-refractivity contribution in [2.75, 3.05) is 13.2 Å². The number of carbonyl (C=O) groups is 3. The highest BCUT2D eigenvalue weighted by Crippen LogP contribution is 2.23. The molecule has 6 atom stereocenters. The second-order valence-electron chi connectivity index (χ2n) is 13.0. The third-order valence-electron chi connectivity index (χ3n) is 8.44. The van der Waals surface area contributed by atoms with Crippen LogP contribution in [0.25, 0.3) is 0 Å². The molecule has 0 radical (unpaired) electrons. The fourth-order valence-electron chi connectivity index (χ4n) is 5.40. The summed E-state index contributed by atoms with van der Waals surface area (Å²) in [5.41, 5.74) is 0. The Balaban J connectivity index is 2.47. The van der Waals surface area contributed by atoms with E-state index in [1.165, 1.54) is 38.5 Å². The van der Waals surface area contributed by atoms with Gasteiger partial charge in [-0.15, -0.1) is 0 Å². The minimum atomic E-state index is -1.86. The number of carbonyl (C=O) groups excluding carboxylic acids is 2. The van der Waals surface area contributed by atoms with Crippen molar-refractivity contribution in [3.8, 4) is 0 Å². The van der Waals surface area contributed by atoms with Crippen LogP contribution in [0.4, 0.5) is 0 Å². The highest BCUT2D eigenvalue weighted by Gasteiger charge is 2.47. The lowest BCUT2D eigenvalue weighted by molar-refractivity contribution is -0.298. The van der Waals surface area contributed by atoms with Crippen LogP contribution >= 0.6 is 0 Å². The number of hydrogen-bond donors (Lipinski definition) is 4. The van der Waals surface area contributed by atoms with Crippen LogP contribution in [0.2, 0.25) is 0 Å². The molecule has 1 rings (SSSR count). The Kier molecular flexibility index (Phi) is 27.9. The number of carboxylic acid groups (broad SMARTS) is 1. The number of aliphatic hydroxyl groups excluding tert-OH is 3. The predicted molar refractivity (Wildman–Crippen MR) is 197 cm³/mol. The second kappa shape index (κ2) is 30.8. The first-order valence-corrected chi connectivity index (χ1v) is 19.2. The number of carboxylic acids is 1. The highest BCUT2D eigenvalue weighted by molar-refractivity contribution is 5.73. The van der Waals surface area contributed by atoms with Crippen molar-refractivity contribution in [2.45, 2.75) is 173 Å². The van der Waals surface area contributed by atoms with Gasteiger partial charge in [0.2, 0.25) is 0 Å². The normalized spacial score (nSPS) is 21.6. The van der Waals surface area contributed by atoms with Crippen LogP contribution in [0.3, 0.4) is 0 Å². The fourth-order valence-corrected chi connectivity index (χ4v) is 5.40. The van der Waals surface area contributed by atoms with E-state index in [0.29, 0.717) is 12.8 Å². The molecule has 292 valence electrons. The van der Waals surface area contributed by atoms with E-state index in [2.05, 4.69) is 62.5 Å². The van der Waals surface area contributed by atoms with Gasteiger partial charge in [0.1, 0.15) is 24.9 Å². The SMILES string of the molecule is CC/C=C\C/C=C\C/C=C\C/C=C\CCCCC(=O)OCC(COC1OC(C(=O)O)C(O)C(O)C1O)OC(=O)CCCCCCCCCCCC. The first kappa shape index (κ1) is 46.2. The number of ether oxygens (including phenoxy) is 4. The third kappa shape index (κ3) is 23.4. The summed E-state index contributed by atoms with van der Waals surface area (Å²) in [6.45, 7) is 3.61. The number of unbranched alkanes of at least 4 members (excludes halogenated alkanes) is 11. The second-order valence-corrected chi connectivity index (χ2v) is 13.0. The van der Waals surface area contributed by atoms with Crippen LogP contribution in [0.15, 0.2) is 48.6 Å². The summed E-state index contributed by atoms with van der Waals surface area (Å²) in [7, 11) is 0. The van der Waals surface area contributed by atoms with Gasteiger partial charge in [-0.3, -0.25) is 9.59 Å². The molecule has 0 aliphatic carbocycles.